The van der Waals surface area contributed by atoms with Gasteiger partial charge in [-0.3, -0.25) is 0 Å². The fourth-order valence-corrected chi connectivity index (χ4v) is 2.90. The van der Waals surface area contributed by atoms with E-state index in [1.54, 1.807) is 18.2 Å². The highest BCUT2D eigenvalue weighted by molar-refractivity contribution is 6.39. The molecule has 3 rings (SSSR count). The van der Waals surface area contributed by atoms with Crippen molar-refractivity contribution in [3.05, 3.63) is 64.6 Å². The van der Waals surface area contributed by atoms with Crippen LogP contribution >= 0.6 is 23.2 Å². The lowest BCUT2D eigenvalue weighted by Crippen LogP contribution is -2.27. The van der Waals surface area contributed by atoms with Crippen LogP contribution in [0.1, 0.15) is 20.8 Å². The molecule has 6 heteroatoms. The minimum Gasteiger partial charge on any atom is -0.350 e. The van der Waals surface area contributed by atoms with Gasteiger partial charge in [0, 0.05) is 17.2 Å². The van der Waals surface area contributed by atoms with Crippen LogP contribution in [-0.2, 0) is 0 Å². The lowest BCUT2D eigenvalue weighted by atomic mass is 10.1. The van der Waals surface area contributed by atoms with Crippen LogP contribution in [0.25, 0.3) is 11.3 Å². The number of anilines is 3. The average Bonchev–Trinajstić information content (AvgIpc) is 2.57. The van der Waals surface area contributed by atoms with Crippen LogP contribution in [0.3, 0.4) is 0 Å². The highest BCUT2D eigenvalue weighted by Crippen LogP contribution is 2.33. The summed E-state index contributed by atoms with van der Waals surface area (Å²) < 4.78 is 0. The molecule has 0 aliphatic carbocycles. The molecule has 26 heavy (non-hydrogen) atoms. The van der Waals surface area contributed by atoms with E-state index in [1.807, 2.05) is 36.4 Å². The number of aromatic nitrogens is 2. The van der Waals surface area contributed by atoms with E-state index in [-0.39, 0.29) is 5.54 Å². The molecule has 0 fully saturated rings. The normalized spacial score (nSPS) is 11.3. The van der Waals surface area contributed by atoms with Gasteiger partial charge in [-0.15, -0.1) is 0 Å². The van der Waals surface area contributed by atoms with Crippen LogP contribution < -0.4 is 10.6 Å². The standard InChI is InChI=1S/C20H20Cl2N4/c1-20(2,3)26-19-23-16(13-8-5-4-6-9-13)12-17(25-19)24-18-14(21)10-7-11-15(18)22/h4-12H,1-3H3,(H2,23,24,25,26). The van der Waals surface area contributed by atoms with Crippen LogP contribution in [0.4, 0.5) is 17.5 Å². The molecule has 134 valence electrons. The highest BCUT2D eigenvalue weighted by atomic mass is 35.5. The van der Waals surface area contributed by atoms with E-state index < -0.39 is 0 Å². The van der Waals surface area contributed by atoms with Gasteiger partial charge in [0.25, 0.3) is 0 Å². The first kappa shape index (κ1) is 18.5. The van der Waals surface area contributed by atoms with Gasteiger partial charge in [0.05, 0.1) is 21.4 Å². The summed E-state index contributed by atoms with van der Waals surface area (Å²) in [7, 11) is 0. The molecule has 0 bridgehead atoms. The summed E-state index contributed by atoms with van der Waals surface area (Å²) in [5.41, 5.74) is 2.25. The number of benzene rings is 2. The Morgan fingerprint density at radius 3 is 2.12 bits per heavy atom. The summed E-state index contributed by atoms with van der Waals surface area (Å²) in [6, 6.07) is 17.2. The van der Waals surface area contributed by atoms with E-state index in [1.165, 1.54) is 0 Å². The molecule has 0 spiro atoms. The number of halogens is 2. The van der Waals surface area contributed by atoms with Gasteiger partial charge in [0.2, 0.25) is 5.95 Å². The number of hydrogen-bond acceptors (Lipinski definition) is 4. The maximum Gasteiger partial charge on any atom is 0.225 e. The Kier molecular flexibility index (Phi) is 5.35. The number of rotatable bonds is 4. The Labute approximate surface area is 163 Å². The molecule has 2 N–H and O–H groups in total. The monoisotopic (exact) mass is 386 g/mol. The third kappa shape index (κ3) is 4.65. The quantitative estimate of drug-likeness (QED) is 0.544. The number of nitrogens with zero attached hydrogens (tertiary/aromatic N) is 2. The van der Waals surface area contributed by atoms with Crippen molar-refractivity contribution in [1.29, 1.82) is 0 Å². The highest BCUT2D eigenvalue weighted by Gasteiger charge is 2.15. The van der Waals surface area contributed by atoms with Gasteiger partial charge in [0.1, 0.15) is 5.82 Å². The van der Waals surface area contributed by atoms with Crippen molar-refractivity contribution in [3.63, 3.8) is 0 Å². The predicted octanol–water partition coefficient (Wildman–Crippen LogP) is 6.40. The number of hydrogen-bond donors (Lipinski definition) is 2. The Balaban J connectivity index is 2.05. The third-order valence-electron chi connectivity index (χ3n) is 3.50. The summed E-state index contributed by atoms with van der Waals surface area (Å²) in [4.78, 5) is 9.22. The minimum absolute atomic E-state index is 0.172. The lowest BCUT2D eigenvalue weighted by molar-refractivity contribution is 0.626. The summed E-state index contributed by atoms with van der Waals surface area (Å²) in [5.74, 6) is 1.14. The maximum atomic E-state index is 6.28. The Bertz CT molecular complexity index is 885. The molecule has 0 saturated carbocycles. The van der Waals surface area contributed by atoms with Gasteiger partial charge in [-0.1, -0.05) is 59.6 Å². The molecule has 1 heterocycles. The van der Waals surface area contributed by atoms with Gasteiger partial charge in [0.15, 0.2) is 0 Å². The maximum absolute atomic E-state index is 6.28. The smallest absolute Gasteiger partial charge is 0.225 e. The fraction of sp³-hybridized carbons (Fsp3) is 0.200. The molecule has 1 aromatic heterocycles. The lowest BCUT2D eigenvalue weighted by Gasteiger charge is -2.21. The molecule has 0 radical (unpaired) electrons. The van der Waals surface area contributed by atoms with Gasteiger partial charge in [-0.2, -0.15) is 4.98 Å². The van der Waals surface area contributed by atoms with Crippen LogP contribution in [-0.4, -0.2) is 15.5 Å². The second-order valence-electron chi connectivity index (χ2n) is 6.92. The largest absolute Gasteiger partial charge is 0.350 e. The SMILES string of the molecule is CC(C)(C)Nc1nc(Nc2c(Cl)cccc2Cl)cc(-c2ccccc2)n1. The predicted molar refractivity (Wildman–Crippen MR) is 111 cm³/mol. The molecule has 0 amide bonds. The van der Waals surface area contributed by atoms with Crippen molar-refractivity contribution >= 4 is 40.7 Å². The zero-order valence-electron chi connectivity index (χ0n) is 14.8. The molecular formula is C20H20Cl2N4. The first-order chi connectivity index (χ1) is 12.3. The van der Waals surface area contributed by atoms with Crippen molar-refractivity contribution in [2.24, 2.45) is 0 Å². The molecule has 2 aromatic carbocycles. The van der Waals surface area contributed by atoms with Crippen molar-refractivity contribution in [3.8, 4) is 11.3 Å². The zero-order valence-corrected chi connectivity index (χ0v) is 16.4. The second kappa shape index (κ2) is 7.52. The molecule has 0 unspecified atom stereocenters. The summed E-state index contributed by atoms with van der Waals surface area (Å²) in [5, 5.41) is 7.60. The zero-order chi connectivity index (χ0) is 18.7. The van der Waals surface area contributed by atoms with E-state index in [0.717, 1.165) is 11.3 Å². The molecule has 3 aromatic rings. The van der Waals surface area contributed by atoms with Crippen LogP contribution in [0.2, 0.25) is 10.0 Å². The van der Waals surface area contributed by atoms with Crippen molar-refractivity contribution < 1.29 is 0 Å². The third-order valence-corrected chi connectivity index (χ3v) is 4.13. The van der Waals surface area contributed by atoms with Gasteiger partial charge < -0.3 is 10.6 Å². The van der Waals surface area contributed by atoms with Crippen LogP contribution in [0.5, 0.6) is 0 Å². The topological polar surface area (TPSA) is 49.8 Å². The van der Waals surface area contributed by atoms with E-state index in [0.29, 0.717) is 27.5 Å². The first-order valence-electron chi connectivity index (χ1n) is 8.25. The van der Waals surface area contributed by atoms with Crippen molar-refractivity contribution in [2.45, 2.75) is 26.3 Å². The van der Waals surface area contributed by atoms with Crippen LogP contribution in [0, 0.1) is 0 Å². The minimum atomic E-state index is -0.172. The summed E-state index contributed by atoms with van der Waals surface area (Å²) in [6.07, 6.45) is 0. The van der Waals surface area contributed by atoms with Gasteiger partial charge >= 0.3 is 0 Å². The molecule has 4 nitrogen and oxygen atoms in total. The van der Waals surface area contributed by atoms with Crippen LogP contribution in [0.15, 0.2) is 54.6 Å². The Morgan fingerprint density at radius 1 is 0.846 bits per heavy atom. The molecule has 0 saturated heterocycles. The van der Waals surface area contributed by atoms with E-state index in [4.69, 9.17) is 23.2 Å². The van der Waals surface area contributed by atoms with Gasteiger partial charge in [-0.05, 0) is 32.9 Å². The average molecular weight is 387 g/mol. The number of nitrogens with one attached hydrogen (secondary N) is 2. The second-order valence-corrected chi connectivity index (χ2v) is 7.74. The first-order valence-corrected chi connectivity index (χ1v) is 9.01. The Morgan fingerprint density at radius 2 is 1.50 bits per heavy atom. The molecule has 0 aliphatic heterocycles. The van der Waals surface area contributed by atoms with Gasteiger partial charge in [-0.25, -0.2) is 4.98 Å². The van der Waals surface area contributed by atoms with E-state index in [9.17, 15) is 0 Å². The molecular weight excluding hydrogens is 367 g/mol. The van der Waals surface area contributed by atoms with E-state index >= 15 is 0 Å². The molecule has 0 atom stereocenters. The van der Waals surface area contributed by atoms with E-state index in [2.05, 4.69) is 41.4 Å². The fourth-order valence-electron chi connectivity index (χ4n) is 2.40. The van der Waals surface area contributed by atoms with Crippen molar-refractivity contribution in [1.82, 2.24) is 9.97 Å². The summed E-state index contributed by atoms with van der Waals surface area (Å²) in [6.45, 7) is 6.18. The summed E-state index contributed by atoms with van der Waals surface area (Å²) >= 11 is 12.6. The van der Waals surface area contributed by atoms with Crippen molar-refractivity contribution in [2.75, 3.05) is 10.6 Å². The Hall–Kier alpha value is -2.30. The molecule has 0 aliphatic rings. The number of para-hydroxylation sites is 1.